The molecular weight excluding hydrogens is 380 g/mol. The zero-order valence-electron chi connectivity index (χ0n) is 17.4. The number of imidazole rings is 1. The van der Waals surface area contributed by atoms with E-state index in [1.807, 2.05) is 51.1 Å². The summed E-state index contributed by atoms with van der Waals surface area (Å²) in [5.41, 5.74) is 2.76. The molecule has 0 aliphatic carbocycles. The monoisotopic (exact) mass is 406 g/mol. The summed E-state index contributed by atoms with van der Waals surface area (Å²) in [6.45, 7) is 2.07. The number of likely N-dealkylation sites (tertiary alicyclic amines) is 1. The molecule has 5 heterocycles. The van der Waals surface area contributed by atoms with Crippen molar-refractivity contribution in [3.05, 3.63) is 58.5 Å². The number of piperidine rings is 1. The summed E-state index contributed by atoms with van der Waals surface area (Å²) in [5.74, 6) is 1.40. The molecule has 0 saturated carbocycles. The quantitative estimate of drug-likeness (QED) is 0.659. The average Bonchev–Trinajstić information content (AvgIpc) is 3.34. The minimum atomic E-state index is 0.0208. The first kappa shape index (κ1) is 18.8. The topological polar surface area (TPSA) is 78.0 Å². The lowest BCUT2D eigenvalue weighted by Gasteiger charge is -2.43. The first-order valence-electron chi connectivity index (χ1n) is 10.5. The minimum Gasteiger partial charge on any atom is -0.342 e. The van der Waals surface area contributed by atoms with Crippen LogP contribution in [0.15, 0.2) is 41.6 Å². The van der Waals surface area contributed by atoms with Crippen LogP contribution < -0.4 is 5.56 Å². The van der Waals surface area contributed by atoms with E-state index in [2.05, 4.69) is 16.1 Å². The first-order valence-corrected chi connectivity index (χ1v) is 10.5. The van der Waals surface area contributed by atoms with Gasteiger partial charge in [0.25, 0.3) is 5.56 Å². The van der Waals surface area contributed by atoms with E-state index in [4.69, 9.17) is 0 Å². The predicted octanol–water partition coefficient (Wildman–Crippen LogP) is 1.56. The Balaban J connectivity index is 1.36. The Bertz CT molecular complexity index is 1160. The molecule has 30 heavy (non-hydrogen) atoms. The van der Waals surface area contributed by atoms with Crippen molar-refractivity contribution in [2.24, 2.45) is 20.0 Å². The molecule has 0 aromatic carbocycles. The van der Waals surface area contributed by atoms with Gasteiger partial charge in [0.05, 0.1) is 5.56 Å². The number of aromatic nitrogens is 5. The highest BCUT2D eigenvalue weighted by molar-refractivity contribution is 5.76. The van der Waals surface area contributed by atoms with Crippen molar-refractivity contribution in [2.75, 3.05) is 13.1 Å². The molecule has 156 valence electrons. The van der Waals surface area contributed by atoms with Crippen molar-refractivity contribution in [1.29, 1.82) is 0 Å². The van der Waals surface area contributed by atoms with Gasteiger partial charge in [-0.05, 0) is 37.0 Å². The van der Waals surface area contributed by atoms with Crippen molar-refractivity contribution < 1.29 is 4.79 Å². The van der Waals surface area contributed by atoms with Crippen molar-refractivity contribution in [2.45, 2.75) is 31.7 Å². The van der Waals surface area contributed by atoms with Crippen LogP contribution in [-0.4, -0.2) is 47.8 Å². The van der Waals surface area contributed by atoms with Gasteiger partial charge in [-0.3, -0.25) is 14.3 Å². The van der Waals surface area contributed by atoms with Crippen LogP contribution in [-0.2, 0) is 31.9 Å². The van der Waals surface area contributed by atoms with Crippen molar-refractivity contribution >= 4 is 5.91 Å². The van der Waals surface area contributed by atoms with Gasteiger partial charge < -0.3 is 14.0 Å². The molecule has 0 spiro atoms. The van der Waals surface area contributed by atoms with Crippen molar-refractivity contribution in [3.63, 3.8) is 0 Å². The maximum Gasteiger partial charge on any atom is 0.261 e. The van der Waals surface area contributed by atoms with Crippen LogP contribution in [0.5, 0.6) is 0 Å². The van der Waals surface area contributed by atoms with E-state index >= 15 is 0 Å². The van der Waals surface area contributed by atoms with Gasteiger partial charge in [-0.25, -0.2) is 4.98 Å². The number of fused-ring (bicyclic) bond motifs is 4. The van der Waals surface area contributed by atoms with E-state index in [-0.39, 0.29) is 17.4 Å². The van der Waals surface area contributed by atoms with Gasteiger partial charge in [0.2, 0.25) is 5.91 Å². The van der Waals surface area contributed by atoms with Gasteiger partial charge in [-0.2, -0.15) is 5.10 Å². The maximum atomic E-state index is 13.2. The van der Waals surface area contributed by atoms with Crippen LogP contribution >= 0.6 is 0 Å². The molecule has 0 N–H and O–H groups in total. The molecule has 2 atom stereocenters. The summed E-state index contributed by atoms with van der Waals surface area (Å²) in [6, 6.07) is 5.90. The molecule has 2 aliphatic rings. The van der Waals surface area contributed by atoms with E-state index in [0.717, 1.165) is 24.4 Å². The number of hydrogen-bond acceptors (Lipinski definition) is 4. The number of nitrogens with zero attached hydrogens (tertiary/aromatic N) is 6. The SMILES string of the molecule is Cn1ccnc1-c1ccc2n(c1=O)C[C@H]1C[C@@H]2CN(C(=O)CCc2ccnn2C)C1. The zero-order chi connectivity index (χ0) is 20.8. The Morgan fingerprint density at radius 1 is 1.13 bits per heavy atom. The number of amides is 1. The fourth-order valence-electron chi connectivity index (χ4n) is 4.98. The third-order valence-corrected chi connectivity index (χ3v) is 6.54. The van der Waals surface area contributed by atoms with Crippen LogP contribution in [0.2, 0.25) is 0 Å². The molecule has 3 aromatic heterocycles. The smallest absolute Gasteiger partial charge is 0.261 e. The number of hydrogen-bond donors (Lipinski definition) is 0. The van der Waals surface area contributed by atoms with E-state index < -0.39 is 0 Å². The molecule has 1 fully saturated rings. The van der Waals surface area contributed by atoms with E-state index in [1.54, 1.807) is 12.4 Å². The van der Waals surface area contributed by atoms with E-state index in [1.165, 1.54) is 0 Å². The number of aryl methyl sites for hydroxylation is 3. The highest BCUT2D eigenvalue weighted by Gasteiger charge is 2.36. The molecule has 8 nitrogen and oxygen atoms in total. The van der Waals surface area contributed by atoms with Crippen molar-refractivity contribution in [1.82, 2.24) is 28.8 Å². The van der Waals surface area contributed by atoms with E-state index in [9.17, 15) is 9.59 Å². The van der Waals surface area contributed by atoms with Crippen LogP contribution in [0, 0.1) is 5.92 Å². The second kappa shape index (κ2) is 7.27. The number of carbonyl (C=O) groups is 1. The van der Waals surface area contributed by atoms with Gasteiger partial charge in [0.15, 0.2) is 0 Å². The molecule has 2 bridgehead atoms. The molecule has 3 aromatic rings. The molecule has 1 saturated heterocycles. The third kappa shape index (κ3) is 3.16. The number of pyridine rings is 1. The summed E-state index contributed by atoms with van der Waals surface area (Å²) in [7, 11) is 3.80. The number of carbonyl (C=O) groups excluding carboxylic acids is 1. The van der Waals surface area contributed by atoms with Gasteiger partial charge in [-0.1, -0.05) is 0 Å². The predicted molar refractivity (Wildman–Crippen MR) is 112 cm³/mol. The highest BCUT2D eigenvalue weighted by Crippen LogP contribution is 2.36. The Hall–Kier alpha value is -3.16. The largest absolute Gasteiger partial charge is 0.342 e. The Labute approximate surface area is 174 Å². The lowest BCUT2D eigenvalue weighted by atomic mass is 9.82. The molecule has 2 aliphatic heterocycles. The van der Waals surface area contributed by atoms with Gasteiger partial charge in [0.1, 0.15) is 5.82 Å². The second-order valence-electron chi connectivity index (χ2n) is 8.49. The maximum absolute atomic E-state index is 13.2. The second-order valence-corrected chi connectivity index (χ2v) is 8.49. The summed E-state index contributed by atoms with van der Waals surface area (Å²) in [4.78, 5) is 32.4. The molecule has 8 heteroatoms. The lowest BCUT2D eigenvalue weighted by molar-refractivity contribution is -0.133. The van der Waals surface area contributed by atoms with Crippen LogP contribution in [0.1, 0.15) is 30.1 Å². The summed E-state index contributed by atoms with van der Waals surface area (Å²) in [5, 5.41) is 4.17. The van der Waals surface area contributed by atoms with Gasteiger partial charge in [-0.15, -0.1) is 0 Å². The Morgan fingerprint density at radius 2 is 2.00 bits per heavy atom. The highest BCUT2D eigenvalue weighted by atomic mass is 16.2. The summed E-state index contributed by atoms with van der Waals surface area (Å²) < 4.78 is 5.61. The van der Waals surface area contributed by atoms with Crippen LogP contribution in [0.25, 0.3) is 11.4 Å². The molecule has 5 rings (SSSR count). The summed E-state index contributed by atoms with van der Waals surface area (Å²) in [6.07, 6.45) is 7.55. The molecular formula is C22H26N6O2. The molecule has 1 amide bonds. The Kier molecular flexibility index (Phi) is 4.56. The van der Waals surface area contributed by atoms with Gasteiger partial charge >= 0.3 is 0 Å². The normalized spacial score (nSPS) is 20.3. The fraction of sp³-hybridized carbons (Fsp3) is 0.455. The molecule has 0 radical (unpaired) electrons. The summed E-state index contributed by atoms with van der Waals surface area (Å²) >= 11 is 0. The van der Waals surface area contributed by atoms with Gasteiger partial charge in [0, 0.05) is 76.0 Å². The van der Waals surface area contributed by atoms with Crippen LogP contribution in [0.3, 0.4) is 0 Å². The van der Waals surface area contributed by atoms with Crippen molar-refractivity contribution in [3.8, 4) is 11.4 Å². The zero-order valence-corrected chi connectivity index (χ0v) is 17.4. The first-order chi connectivity index (χ1) is 14.5. The fourth-order valence-corrected chi connectivity index (χ4v) is 4.98. The average molecular weight is 406 g/mol. The third-order valence-electron chi connectivity index (χ3n) is 6.54. The minimum absolute atomic E-state index is 0.0208. The Morgan fingerprint density at radius 3 is 2.73 bits per heavy atom. The van der Waals surface area contributed by atoms with E-state index in [0.29, 0.717) is 43.2 Å². The number of rotatable bonds is 4. The van der Waals surface area contributed by atoms with Crippen LogP contribution in [0.4, 0.5) is 0 Å². The lowest BCUT2D eigenvalue weighted by Crippen LogP contribution is -2.49. The standard InChI is InChI=1S/C22H26N6O2/c1-25-10-9-23-21(25)18-4-5-19-16-11-15(13-28(19)22(18)30)12-27(14-16)20(29)6-3-17-7-8-24-26(17)2/h4-5,7-10,15-16H,3,6,11-14H2,1-2H3/t15-,16+/m0/s1. The molecule has 0 unspecified atom stereocenters.